The van der Waals surface area contributed by atoms with Crippen LogP contribution in [-0.4, -0.2) is 30.0 Å². The fraction of sp³-hybridized carbons (Fsp3) is 0.214. The molecule has 0 atom stereocenters. The molecule has 4 rings (SSSR count). The summed E-state index contributed by atoms with van der Waals surface area (Å²) in [6, 6.07) is 17.0. The fourth-order valence-corrected chi connectivity index (χ4v) is 4.19. The second kappa shape index (κ2) is 10.3. The Morgan fingerprint density at radius 1 is 0.943 bits per heavy atom. The first kappa shape index (κ1) is 24.5. The predicted molar refractivity (Wildman–Crippen MR) is 136 cm³/mol. The number of ether oxygens (including phenoxy) is 2. The van der Waals surface area contributed by atoms with E-state index in [1.165, 1.54) is 24.3 Å². The van der Waals surface area contributed by atoms with E-state index in [4.69, 9.17) is 21.1 Å². The summed E-state index contributed by atoms with van der Waals surface area (Å²) in [5, 5.41) is 1.29. The van der Waals surface area contributed by atoms with E-state index in [-0.39, 0.29) is 19.0 Å². The average Bonchev–Trinajstić information content (AvgIpc) is 2.86. The Hall–Kier alpha value is -3.64. The Kier molecular flexibility index (Phi) is 7.22. The van der Waals surface area contributed by atoms with Gasteiger partial charge in [-0.1, -0.05) is 29.8 Å². The molecule has 0 fully saturated rings. The van der Waals surface area contributed by atoms with E-state index < -0.39 is 5.82 Å². The smallest absolute Gasteiger partial charge is 0.254 e. The van der Waals surface area contributed by atoms with Crippen LogP contribution in [0.3, 0.4) is 0 Å². The Morgan fingerprint density at radius 3 is 2.34 bits per heavy atom. The summed E-state index contributed by atoms with van der Waals surface area (Å²) in [4.78, 5) is 19.8. The van der Waals surface area contributed by atoms with E-state index in [9.17, 15) is 9.18 Å². The minimum absolute atomic E-state index is 0.221. The average molecular weight is 493 g/mol. The van der Waals surface area contributed by atoms with Crippen molar-refractivity contribution in [1.82, 2.24) is 9.88 Å². The summed E-state index contributed by atoms with van der Waals surface area (Å²) in [6.45, 7) is 4.55. The van der Waals surface area contributed by atoms with Gasteiger partial charge >= 0.3 is 0 Å². The minimum Gasteiger partial charge on any atom is -0.493 e. The molecule has 0 unspecified atom stereocenters. The molecule has 180 valence electrons. The van der Waals surface area contributed by atoms with E-state index >= 15 is 0 Å². The van der Waals surface area contributed by atoms with Crippen LogP contribution in [0.2, 0.25) is 5.15 Å². The van der Waals surface area contributed by atoms with Gasteiger partial charge in [0.25, 0.3) is 5.91 Å². The summed E-state index contributed by atoms with van der Waals surface area (Å²) in [6.07, 6.45) is 0. The maximum absolute atomic E-state index is 13.5. The minimum atomic E-state index is -0.402. The Bertz CT molecular complexity index is 1390. The summed E-state index contributed by atoms with van der Waals surface area (Å²) < 4.78 is 24.2. The van der Waals surface area contributed by atoms with Crippen molar-refractivity contribution in [3.05, 3.63) is 99.5 Å². The number of rotatable bonds is 7. The number of hydrogen-bond donors (Lipinski definition) is 0. The number of aromatic nitrogens is 1. The van der Waals surface area contributed by atoms with Crippen molar-refractivity contribution in [3.8, 4) is 11.5 Å². The lowest BCUT2D eigenvalue weighted by atomic mass is 10.0. The molecule has 0 saturated heterocycles. The highest BCUT2D eigenvalue weighted by Crippen LogP contribution is 2.30. The van der Waals surface area contributed by atoms with Crippen LogP contribution in [0, 0.1) is 19.7 Å². The lowest BCUT2D eigenvalue weighted by molar-refractivity contribution is 0.0730. The Labute approximate surface area is 209 Å². The summed E-state index contributed by atoms with van der Waals surface area (Å²) in [7, 11) is 3.13. The van der Waals surface area contributed by atoms with Crippen molar-refractivity contribution in [1.29, 1.82) is 0 Å². The molecule has 1 aromatic heterocycles. The topological polar surface area (TPSA) is 51.7 Å². The molecule has 0 bridgehead atoms. The lowest BCUT2D eigenvalue weighted by Gasteiger charge is -2.24. The van der Waals surface area contributed by atoms with Crippen molar-refractivity contribution < 1.29 is 18.7 Å². The van der Waals surface area contributed by atoms with Gasteiger partial charge in [-0.15, -0.1) is 0 Å². The number of nitrogens with zero attached hydrogens (tertiary/aromatic N) is 2. The molecule has 0 N–H and O–H groups in total. The molecule has 1 heterocycles. The molecule has 3 aromatic carbocycles. The maximum atomic E-state index is 13.5. The zero-order chi connectivity index (χ0) is 25.1. The van der Waals surface area contributed by atoms with Crippen molar-refractivity contribution in [2.75, 3.05) is 14.2 Å². The zero-order valence-corrected chi connectivity index (χ0v) is 20.8. The first-order valence-corrected chi connectivity index (χ1v) is 11.5. The van der Waals surface area contributed by atoms with Crippen LogP contribution in [0.4, 0.5) is 4.39 Å². The molecular formula is C28H26ClFN2O3. The molecule has 0 aliphatic rings. The van der Waals surface area contributed by atoms with E-state index in [0.29, 0.717) is 22.2 Å². The highest BCUT2D eigenvalue weighted by atomic mass is 35.5. The van der Waals surface area contributed by atoms with Gasteiger partial charge in [-0.2, -0.15) is 0 Å². The Morgan fingerprint density at radius 2 is 1.66 bits per heavy atom. The number of amides is 1. The molecule has 5 nitrogen and oxygen atoms in total. The van der Waals surface area contributed by atoms with Crippen molar-refractivity contribution in [2.45, 2.75) is 26.9 Å². The monoisotopic (exact) mass is 492 g/mol. The molecule has 7 heteroatoms. The maximum Gasteiger partial charge on any atom is 0.254 e. The van der Waals surface area contributed by atoms with Crippen LogP contribution < -0.4 is 9.47 Å². The highest BCUT2D eigenvalue weighted by molar-refractivity contribution is 6.30. The van der Waals surface area contributed by atoms with Crippen LogP contribution in [0.1, 0.15) is 32.6 Å². The van der Waals surface area contributed by atoms with E-state index in [1.54, 1.807) is 25.2 Å². The second-order valence-electron chi connectivity index (χ2n) is 8.37. The first-order chi connectivity index (χ1) is 16.8. The van der Waals surface area contributed by atoms with Crippen LogP contribution >= 0.6 is 11.6 Å². The van der Waals surface area contributed by atoms with Gasteiger partial charge in [0.2, 0.25) is 0 Å². The van der Waals surface area contributed by atoms with Crippen molar-refractivity contribution in [3.63, 3.8) is 0 Å². The lowest BCUT2D eigenvalue weighted by Crippen LogP contribution is -2.30. The number of fused-ring (bicyclic) bond motifs is 1. The number of hydrogen-bond acceptors (Lipinski definition) is 4. The molecule has 4 aromatic rings. The molecular weight excluding hydrogens is 467 g/mol. The number of aryl methyl sites for hydroxylation is 2. The molecule has 0 radical (unpaired) electrons. The summed E-state index contributed by atoms with van der Waals surface area (Å²) >= 11 is 6.60. The molecule has 0 saturated carbocycles. The second-order valence-corrected chi connectivity index (χ2v) is 8.73. The largest absolute Gasteiger partial charge is 0.493 e. The number of halogens is 2. The van der Waals surface area contributed by atoms with Gasteiger partial charge in [-0.05, 0) is 73.0 Å². The van der Waals surface area contributed by atoms with Crippen LogP contribution in [0.15, 0.2) is 60.7 Å². The standard InChI is InChI=1S/C28H26ClFN2O3/c1-17-5-7-21-14-22(27(29)31-26(21)18(17)2)16-32(28(33)20-8-10-23(30)11-9-20)15-19-6-12-24(34-3)25(13-19)35-4/h5-14H,15-16H2,1-4H3. The van der Waals surface area contributed by atoms with Gasteiger partial charge in [0.15, 0.2) is 11.5 Å². The van der Waals surface area contributed by atoms with Crippen molar-refractivity contribution >= 4 is 28.4 Å². The third-order valence-corrected chi connectivity index (χ3v) is 6.43. The zero-order valence-electron chi connectivity index (χ0n) is 20.1. The van der Waals surface area contributed by atoms with Crippen LogP contribution in [0.25, 0.3) is 10.9 Å². The van der Waals surface area contributed by atoms with Gasteiger partial charge in [0.1, 0.15) is 11.0 Å². The summed E-state index contributed by atoms with van der Waals surface area (Å²) in [5.74, 6) is 0.506. The number of carbonyl (C=O) groups is 1. The highest BCUT2D eigenvalue weighted by Gasteiger charge is 2.20. The number of methoxy groups -OCH3 is 2. The van der Waals surface area contributed by atoms with Gasteiger partial charge in [0, 0.05) is 29.6 Å². The third kappa shape index (κ3) is 5.23. The normalized spacial score (nSPS) is 10.9. The van der Waals surface area contributed by atoms with Gasteiger partial charge in [-0.25, -0.2) is 9.37 Å². The number of benzene rings is 3. The van der Waals surface area contributed by atoms with Gasteiger partial charge in [-0.3, -0.25) is 4.79 Å². The van der Waals surface area contributed by atoms with Crippen LogP contribution in [0.5, 0.6) is 11.5 Å². The third-order valence-electron chi connectivity index (χ3n) is 6.10. The summed E-state index contributed by atoms with van der Waals surface area (Å²) in [5.41, 5.74) is 4.99. The van der Waals surface area contributed by atoms with Gasteiger partial charge in [0.05, 0.1) is 19.7 Å². The predicted octanol–water partition coefficient (Wildman–Crippen LogP) is 6.50. The van der Waals surface area contributed by atoms with Gasteiger partial charge < -0.3 is 14.4 Å². The quantitative estimate of drug-likeness (QED) is 0.276. The molecule has 0 aliphatic heterocycles. The molecule has 35 heavy (non-hydrogen) atoms. The van der Waals surface area contributed by atoms with Crippen LogP contribution in [-0.2, 0) is 13.1 Å². The SMILES string of the molecule is COc1ccc(CN(Cc2cc3ccc(C)c(C)c3nc2Cl)C(=O)c2ccc(F)cc2)cc1OC. The molecule has 0 spiro atoms. The number of carbonyl (C=O) groups excluding carboxylic acids is 1. The molecule has 1 amide bonds. The van der Waals surface area contributed by atoms with E-state index in [2.05, 4.69) is 4.98 Å². The van der Waals surface area contributed by atoms with Crippen molar-refractivity contribution in [2.24, 2.45) is 0 Å². The fourth-order valence-electron chi connectivity index (χ4n) is 3.99. The van der Waals surface area contributed by atoms with E-state index in [1.807, 2.05) is 44.2 Å². The first-order valence-electron chi connectivity index (χ1n) is 11.1. The molecule has 0 aliphatic carbocycles. The number of pyridine rings is 1. The van der Waals surface area contributed by atoms with E-state index in [0.717, 1.165) is 33.2 Å². The Balaban J connectivity index is 1.73.